The number of imide groups is 1. The molecule has 23 heavy (non-hydrogen) atoms. The van der Waals surface area contributed by atoms with E-state index in [1.54, 1.807) is 24.3 Å². The van der Waals surface area contributed by atoms with Crippen molar-refractivity contribution in [3.63, 3.8) is 0 Å². The highest BCUT2D eigenvalue weighted by Gasteiger charge is 2.34. The number of nitrogens with zero attached hydrogens (tertiary/aromatic N) is 1. The van der Waals surface area contributed by atoms with Gasteiger partial charge in [0.05, 0.1) is 9.93 Å². The van der Waals surface area contributed by atoms with E-state index >= 15 is 0 Å². The maximum Gasteiger partial charge on any atom is 0.293 e. The zero-order valence-corrected chi connectivity index (χ0v) is 14.2. The summed E-state index contributed by atoms with van der Waals surface area (Å²) < 4.78 is 5.29. The Morgan fingerprint density at radius 1 is 1.43 bits per heavy atom. The van der Waals surface area contributed by atoms with Gasteiger partial charge >= 0.3 is 0 Å². The number of hydrogen-bond acceptors (Lipinski definition) is 4. The second-order valence-electron chi connectivity index (χ2n) is 4.87. The third-order valence-corrected chi connectivity index (χ3v) is 4.38. The molecular formula is C17H16ClNO3S. The van der Waals surface area contributed by atoms with E-state index in [4.69, 9.17) is 22.8 Å². The van der Waals surface area contributed by atoms with Crippen molar-refractivity contribution >= 4 is 40.6 Å². The van der Waals surface area contributed by atoms with Gasteiger partial charge in [0.15, 0.2) is 0 Å². The first kappa shape index (κ1) is 17.5. The van der Waals surface area contributed by atoms with E-state index in [1.807, 2.05) is 6.92 Å². The summed E-state index contributed by atoms with van der Waals surface area (Å²) in [6, 6.07) is 5.12. The third kappa shape index (κ3) is 4.31. The zero-order valence-electron chi connectivity index (χ0n) is 12.7. The van der Waals surface area contributed by atoms with E-state index in [2.05, 4.69) is 5.92 Å². The van der Waals surface area contributed by atoms with Gasteiger partial charge in [0.25, 0.3) is 11.1 Å². The largest absolute Gasteiger partial charge is 0.479 e. The lowest BCUT2D eigenvalue weighted by atomic mass is 10.2. The van der Waals surface area contributed by atoms with Gasteiger partial charge in [0.1, 0.15) is 12.4 Å². The molecule has 120 valence electrons. The molecule has 0 bridgehead atoms. The van der Waals surface area contributed by atoms with Crippen molar-refractivity contribution in [1.29, 1.82) is 0 Å². The van der Waals surface area contributed by atoms with Gasteiger partial charge in [-0.2, -0.15) is 0 Å². The number of rotatable bonds is 6. The number of amides is 2. The smallest absolute Gasteiger partial charge is 0.293 e. The van der Waals surface area contributed by atoms with Gasteiger partial charge in [-0.3, -0.25) is 14.5 Å². The van der Waals surface area contributed by atoms with Gasteiger partial charge in [-0.15, -0.1) is 6.42 Å². The summed E-state index contributed by atoms with van der Waals surface area (Å²) in [4.78, 5) is 25.8. The average molecular weight is 350 g/mol. The molecule has 1 fully saturated rings. The second-order valence-corrected chi connectivity index (χ2v) is 6.27. The number of benzene rings is 1. The standard InChI is InChI=1S/C17H16ClNO3S/c1-3-5-8-19-16(20)15(23-17(19)21)11-12-6-7-14(13(18)10-12)22-9-4-2/h2,6-7,10-11H,3,5,8-9H2,1H3/b15-11-. The SMILES string of the molecule is C#CCOc1ccc(/C=C2\SC(=O)N(CCCC)C2=O)cc1Cl. The van der Waals surface area contributed by atoms with E-state index in [1.165, 1.54) is 4.90 Å². The Balaban J connectivity index is 2.16. The molecule has 1 aromatic rings. The number of terminal acetylenes is 1. The van der Waals surface area contributed by atoms with Crippen LogP contribution < -0.4 is 4.74 Å². The normalized spacial score (nSPS) is 16.0. The number of carbonyl (C=O) groups is 2. The van der Waals surface area contributed by atoms with Crippen molar-refractivity contribution in [2.45, 2.75) is 19.8 Å². The molecule has 2 rings (SSSR count). The Bertz CT molecular complexity index is 694. The van der Waals surface area contributed by atoms with Crippen LogP contribution in [0.15, 0.2) is 23.1 Å². The molecule has 0 aromatic heterocycles. The molecular weight excluding hydrogens is 334 g/mol. The summed E-state index contributed by atoms with van der Waals surface area (Å²) in [6.07, 6.45) is 8.53. The van der Waals surface area contributed by atoms with Crippen LogP contribution >= 0.6 is 23.4 Å². The minimum Gasteiger partial charge on any atom is -0.479 e. The van der Waals surface area contributed by atoms with Gasteiger partial charge in [-0.25, -0.2) is 0 Å². The molecule has 1 aliphatic heterocycles. The lowest BCUT2D eigenvalue weighted by Gasteiger charge is -2.10. The molecule has 0 spiro atoms. The van der Waals surface area contributed by atoms with Gasteiger partial charge in [0, 0.05) is 6.54 Å². The van der Waals surface area contributed by atoms with Crippen molar-refractivity contribution < 1.29 is 14.3 Å². The van der Waals surface area contributed by atoms with E-state index in [9.17, 15) is 9.59 Å². The minimum atomic E-state index is -0.253. The fourth-order valence-corrected chi connectivity index (χ4v) is 3.11. The van der Waals surface area contributed by atoms with Crippen molar-refractivity contribution in [3.05, 3.63) is 33.7 Å². The van der Waals surface area contributed by atoms with Crippen LogP contribution in [0, 0.1) is 12.3 Å². The van der Waals surface area contributed by atoms with Crippen LogP contribution in [0.5, 0.6) is 5.75 Å². The van der Waals surface area contributed by atoms with Gasteiger partial charge < -0.3 is 4.74 Å². The van der Waals surface area contributed by atoms with Crippen molar-refractivity contribution in [1.82, 2.24) is 4.90 Å². The van der Waals surface area contributed by atoms with E-state index in [0.29, 0.717) is 22.2 Å². The zero-order chi connectivity index (χ0) is 16.8. The van der Waals surface area contributed by atoms with Crippen LogP contribution in [0.2, 0.25) is 5.02 Å². The maximum absolute atomic E-state index is 12.3. The van der Waals surface area contributed by atoms with E-state index in [0.717, 1.165) is 30.2 Å². The maximum atomic E-state index is 12.3. The Morgan fingerprint density at radius 2 is 2.22 bits per heavy atom. The van der Waals surface area contributed by atoms with Crippen molar-refractivity contribution in [2.24, 2.45) is 0 Å². The molecule has 1 aliphatic rings. The molecule has 0 unspecified atom stereocenters. The molecule has 1 heterocycles. The number of ether oxygens (including phenoxy) is 1. The van der Waals surface area contributed by atoms with Crippen LogP contribution in [0.4, 0.5) is 4.79 Å². The van der Waals surface area contributed by atoms with Crippen LogP contribution in [-0.4, -0.2) is 29.2 Å². The number of unbranched alkanes of at least 4 members (excludes halogenated alkanes) is 1. The Kier molecular flexibility index (Phi) is 6.14. The number of carbonyl (C=O) groups excluding carboxylic acids is 2. The molecule has 0 aliphatic carbocycles. The highest BCUT2D eigenvalue weighted by molar-refractivity contribution is 8.18. The lowest BCUT2D eigenvalue weighted by Crippen LogP contribution is -2.29. The first-order chi connectivity index (χ1) is 11.1. The Hall–Kier alpha value is -1.90. The van der Waals surface area contributed by atoms with Gasteiger partial charge in [-0.05, 0) is 42.0 Å². The fourth-order valence-electron chi connectivity index (χ4n) is 2.00. The van der Waals surface area contributed by atoms with Crippen molar-refractivity contribution in [3.8, 4) is 18.1 Å². The quantitative estimate of drug-likeness (QED) is 0.570. The Morgan fingerprint density at radius 3 is 2.87 bits per heavy atom. The van der Waals surface area contributed by atoms with Gasteiger partial charge in [0.2, 0.25) is 0 Å². The highest BCUT2D eigenvalue weighted by Crippen LogP contribution is 2.33. The molecule has 1 aromatic carbocycles. The van der Waals surface area contributed by atoms with Crippen LogP contribution in [-0.2, 0) is 4.79 Å². The number of thioether (sulfide) groups is 1. The van der Waals surface area contributed by atoms with Crippen LogP contribution in [0.1, 0.15) is 25.3 Å². The molecule has 0 atom stereocenters. The molecule has 0 radical (unpaired) electrons. The first-order valence-electron chi connectivity index (χ1n) is 7.18. The molecule has 6 heteroatoms. The summed E-state index contributed by atoms with van der Waals surface area (Å²) in [5.74, 6) is 2.60. The summed E-state index contributed by atoms with van der Waals surface area (Å²) in [7, 11) is 0. The molecule has 2 amide bonds. The summed E-state index contributed by atoms with van der Waals surface area (Å²) >= 11 is 7.07. The predicted octanol–water partition coefficient (Wildman–Crippen LogP) is 4.19. The highest BCUT2D eigenvalue weighted by atomic mass is 35.5. The molecule has 4 nitrogen and oxygen atoms in total. The molecule has 0 N–H and O–H groups in total. The second kappa shape index (κ2) is 8.09. The summed E-state index contributed by atoms with van der Waals surface area (Å²) in [5, 5.41) is 0.175. The number of hydrogen-bond donors (Lipinski definition) is 0. The Labute approximate surface area is 144 Å². The lowest BCUT2D eigenvalue weighted by molar-refractivity contribution is -0.122. The minimum absolute atomic E-state index is 0.134. The monoisotopic (exact) mass is 349 g/mol. The third-order valence-electron chi connectivity index (χ3n) is 3.17. The van der Waals surface area contributed by atoms with Gasteiger partial charge in [-0.1, -0.05) is 36.9 Å². The summed E-state index contributed by atoms with van der Waals surface area (Å²) in [5.41, 5.74) is 0.726. The van der Waals surface area contributed by atoms with Crippen LogP contribution in [0.3, 0.4) is 0 Å². The van der Waals surface area contributed by atoms with E-state index < -0.39 is 0 Å². The first-order valence-corrected chi connectivity index (χ1v) is 8.37. The van der Waals surface area contributed by atoms with Crippen LogP contribution in [0.25, 0.3) is 6.08 Å². The molecule has 1 saturated heterocycles. The topological polar surface area (TPSA) is 46.6 Å². The van der Waals surface area contributed by atoms with Crippen molar-refractivity contribution in [2.75, 3.05) is 13.2 Å². The average Bonchev–Trinajstić information content (AvgIpc) is 2.78. The van der Waals surface area contributed by atoms with E-state index in [-0.39, 0.29) is 17.8 Å². The predicted molar refractivity (Wildman–Crippen MR) is 93.4 cm³/mol. The number of halogens is 1. The summed E-state index contributed by atoms with van der Waals surface area (Å²) in [6.45, 7) is 2.61. The molecule has 0 saturated carbocycles. The fraction of sp³-hybridized carbons (Fsp3) is 0.294.